The van der Waals surface area contributed by atoms with Crippen LogP contribution in [0.3, 0.4) is 0 Å². The Bertz CT molecular complexity index is 584. The Morgan fingerprint density at radius 3 is 2.48 bits per heavy atom. The lowest BCUT2D eigenvalue weighted by molar-refractivity contribution is 0.134. The maximum absolute atomic E-state index is 11.9. The monoisotopic (exact) mass is 310 g/mol. The zero-order chi connectivity index (χ0) is 15.7. The summed E-state index contributed by atoms with van der Waals surface area (Å²) in [5, 5.41) is 3.58. The molecule has 0 bridgehead atoms. The predicted molar refractivity (Wildman–Crippen MR) is 87.2 cm³/mol. The summed E-state index contributed by atoms with van der Waals surface area (Å²) in [7, 11) is -3.07. The summed E-state index contributed by atoms with van der Waals surface area (Å²) >= 11 is 0. The molecule has 1 aliphatic rings. The molecule has 0 aliphatic carbocycles. The first-order valence-electron chi connectivity index (χ1n) is 7.37. The van der Waals surface area contributed by atoms with Crippen LogP contribution in [-0.2, 0) is 15.4 Å². The molecule has 1 fully saturated rings. The third-order valence-corrected chi connectivity index (χ3v) is 6.64. The van der Waals surface area contributed by atoms with Crippen molar-refractivity contribution < 1.29 is 8.42 Å². The van der Waals surface area contributed by atoms with E-state index in [0.29, 0.717) is 6.54 Å². The highest BCUT2D eigenvalue weighted by molar-refractivity contribution is 7.92. The third-order valence-electron chi connectivity index (χ3n) is 4.50. The van der Waals surface area contributed by atoms with Crippen molar-refractivity contribution in [3.8, 4) is 0 Å². The molecule has 1 atom stereocenters. The zero-order valence-corrected chi connectivity index (χ0v) is 14.2. The maximum Gasteiger partial charge on any atom is 0.153 e. The van der Waals surface area contributed by atoms with Gasteiger partial charge in [-0.05, 0) is 26.3 Å². The molecule has 4 nitrogen and oxygen atoms in total. The van der Waals surface area contributed by atoms with Gasteiger partial charge in [-0.25, -0.2) is 8.42 Å². The highest BCUT2D eigenvalue weighted by atomic mass is 32.2. The molecule has 5 heteroatoms. The number of piperazine rings is 1. The summed E-state index contributed by atoms with van der Waals surface area (Å²) in [6, 6.07) is 10.3. The van der Waals surface area contributed by atoms with Crippen LogP contribution in [0.1, 0.15) is 26.3 Å². The largest absolute Gasteiger partial charge is 0.305 e. The Labute approximate surface area is 128 Å². The van der Waals surface area contributed by atoms with Crippen molar-refractivity contribution in [2.75, 3.05) is 32.4 Å². The first kappa shape index (κ1) is 16.5. The van der Waals surface area contributed by atoms with Crippen LogP contribution in [0, 0.1) is 0 Å². The van der Waals surface area contributed by atoms with Gasteiger partial charge in [0.05, 0.1) is 10.3 Å². The molecule has 1 aliphatic heterocycles. The van der Waals surface area contributed by atoms with Gasteiger partial charge in [0, 0.05) is 32.4 Å². The summed E-state index contributed by atoms with van der Waals surface area (Å²) in [5.74, 6) is 0. The highest BCUT2D eigenvalue weighted by Gasteiger charge is 2.37. The average molecular weight is 310 g/mol. The van der Waals surface area contributed by atoms with Gasteiger partial charge in [0.2, 0.25) is 0 Å². The number of benzene rings is 1. The van der Waals surface area contributed by atoms with Crippen molar-refractivity contribution in [3.63, 3.8) is 0 Å². The van der Waals surface area contributed by atoms with Crippen molar-refractivity contribution in [3.05, 3.63) is 35.9 Å². The molecule has 0 amide bonds. The first-order valence-corrected chi connectivity index (χ1v) is 9.26. The van der Waals surface area contributed by atoms with Crippen molar-refractivity contribution in [2.45, 2.75) is 31.1 Å². The molecule has 1 aromatic carbocycles. The zero-order valence-electron chi connectivity index (χ0n) is 13.4. The minimum Gasteiger partial charge on any atom is -0.305 e. The van der Waals surface area contributed by atoms with Crippen LogP contribution in [0.2, 0.25) is 0 Å². The molecule has 1 saturated heterocycles. The Kier molecular flexibility index (Phi) is 4.47. The summed E-state index contributed by atoms with van der Waals surface area (Å²) in [6.07, 6.45) is 1.32. The van der Waals surface area contributed by atoms with Crippen molar-refractivity contribution in [2.24, 2.45) is 0 Å². The number of sulfone groups is 1. The van der Waals surface area contributed by atoms with Gasteiger partial charge in [0.1, 0.15) is 0 Å². The standard InChI is InChI=1S/C16H26N2O2S/c1-15(2,21(4,19)20)12-18-11-10-17-16(3,13-18)14-8-6-5-7-9-14/h5-9,17H,10-13H2,1-4H3. The Hall–Kier alpha value is -0.910. The fourth-order valence-corrected chi connectivity index (χ4v) is 3.28. The van der Waals surface area contributed by atoms with E-state index in [2.05, 4.69) is 29.3 Å². The van der Waals surface area contributed by atoms with Crippen LogP contribution in [-0.4, -0.2) is 50.5 Å². The van der Waals surface area contributed by atoms with E-state index in [9.17, 15) is 8.42 Å². The second-order valence-corrected chi connectivity index (χ2v) is 9.52. The van der Waals surface area contributed by atoms with Gasteiger partial charge in [-0.15, -0.1) is 0 Å². The normalized spacial score (nSPS) is 25.0. The topological polar surface area (TPSA) is 49.4 Å². The summed E-state index contributed by atoms with van der Waals surface area (Å²) in [5.41, 5.74) is 1.11. The minimum absolute atomic E-state index is 0.132. The van der Waals surface area contributed by atoms with E-state index >= 15 is 0 Å². The second kappa shape index (κ2) is 5.71. The van der Waals surface area contributed by atoms with Crippen LogP contribution in [0.25, 0.3) is 0 Å². The lowest BCUT2D eigenvalue weighted by atomic mass is 9.89. The average Bonchev–Trinajstić information content (AvgIpc) is 2.38. The fraction of sp³-hybridized carbons (Fsp3) is 0.625. The van der Waals surface area contributed by atoms with E-state index < -0.39 is 14.6 Å². The number of nitrogens with one attached hydrogen (secondary N) is 1. The molecule has 1 aromatic rings. The summed E-state index contributed by atoms with van der Waals surface area (Å²) < 4.78 is 23.1. The summed E-state index contributed by atoms with van der Waals surface area (Å²) in [4.78, 5) is 2.25. The summed E-state index contributed by atoms with van der Waals surface area (Å²) in [6.45, 7) is 8.93. The SMILES string of the molecule is CC1(c2ccccc2)CN(CC(C)(C)S(C)(=O)=O)CCN1. The van der Waals surface area contributed by atoms with E-state index in [1.54, 1.807) is 0 Å². The van der Waals surface area contributed by atoms with Gasteiger partial charge in [0.15, 0.2) is 9.84 Å². The highest BCUT2D eigenvalue weighted by Crippen LogP contribution is 2.26. The molecule has 0 aromatic heterocycles. The first-order chi connectivity index (χ1) is 9.64. The molecule has 1 N–H and O–H groups in total. The van der Waals surface area contributed by atoms with E-state index in [1.807, 2.05) is 32.0 Å². The molecule has 118 valence electrons. The third kappa shape index (κ3) is 3.65. The van der Waals surface area contributed by atoms with Gasteiger partial charge in [-0.3, -0.25) is 4.90 Å². The number of nitrogens with zero attached hydrogens (tertiary/aromatic N) is 1. The smallest absolute Gasteiger partial charge is 0.153 e. The lowest BCUT2D eigenvalue weighted by Gasteiger charge is -2.44. The van der Waals surface area contributed by atoms with Crippen LogP contribution in [0.4, 0.5) is 0 Å². The van der Waals surface area contributed by atoms with Gasteiger partial charge in [-0.1, -0.05) is 30.3 Å². The molecule has 0 radical (unpaired) electrons. The number of hydrogen-bond acceptors (Lipinski definition) is 4. The van der Waals surface area contributed by atoms with E-state index in [0.717, 1.165) is 19.6 Å². The predicted octanol–water partition coefficient (Wildman–Crippen LogP) is 1.63. The van der Waals surface area contributed by atoms with Crippen LogP contribution >= 0.6 is 0 Å². The van der Waals surface area contributed by atoms with E-state index in [4.69, 9.17) is 0 Å². The molecule has 0 saturated carbocycles. The van der Waals surface area contributed by atoms with Gasteiger partial charge in [0.25, 0.3) is 0 Å². The van der Waals surface area contributed by atoms with E-state index in [-0.39, 0.29) is 5.54 Å². The number of rotatable bonds is 4. The van der Waals surface area contributed by atoms with Crippen LogP contribution < -0.4 is 5.32 Å². The Morgan fingerprint density at radius 1 is 1.29 bits per heavy atom. The van der Waals surface area contributed by atoms with Crippen molar-refractivity contribution in [1.29, 1.82) is 0 Å². The molecule has 1 heterocycles. The molecule has 21 heavy (non-hydrogen) atoms. The quantitative estimate of drug-likeness (QED) is 0.918. The second-order valence-electron chi connectivity index (χ2n) is 6.87. The molecular weight excluding hydrogens is 284 g/mol. The van der Waals surface area contributed by atoms with Crippen molar-refractivity contribution in [1.82, 2.24) is 10.2 Å². The molecule has 1 unspecified atom stereocenters. The molecular formula is C16H26N2O2S. The Balaban J connectivity index is 2.15. The van der Waals surface area contributed by atoms with Crippen LogP contribution in [0.5, 0.6) is 0 Å². The van der Waals surface area contributed by atoms with Crippen LogP contribution in [0.15, 0.2) is 30.3 Å². The van der Waals surface area contributed by atoms with Gasteiger partial charge in [-0.2, -0.15) is 0 Å². The van der Waals surface area contributed by atoms with Crippen molar-refractivity contribution >= 4 is 9.84 Å². The number of hydrogen-bond donors (Lipinski definition) is 1. The van der Waals surface area contributed by atoms with E-state index in [1.165, 1.54) is 11.8 Å². The maximum atomic E-state index is 11.9. The minimum atomic E-state index is -3.07. The fourth-order valence-electron chi connectivity index (χ4n) is 2.86. The Morgan fingerprint density at radius 2 is 1.90 bits per heavy atom. The lowest BCUT2D eigenvalue weighted by Crippen LogP contribution is -2.59. The van der Waals surface area contributed by atoms with Gasteiger partial charge >= 0.3 is 0 Å². The molecule has 0 spiro atoms. The molecule has 2 rings (SSSR count). The van der Waals surface area contributed by atoms with Gasteiger partial charge < -0.3 is 5.32 Å².